The Morgan fingerprint density at radius 3 is 2.95 bits per heavy atom. The van der Waals surface area contributed by atoms with Crippen molar-refractivity contribution in [2.24, 2.45) is 0 Å². The van der Waals surface area contributed by atoms with Gasteiger partial charge in [-0.1, -0.05) is 17.7 Å². The zero-order valence-electron chi connectivity index (χ0n) is 10.7. The molecule has 0 unspecified atom stereocenters. The van der Waals surface area contributed by atoms with Gasteiger partial charge in [0.15, 0.2) is 0 Å². The van der Waals surface area contributed by atoms with E-state index in [2.05, 4.69) is 38.8 Å². The second-order valence-corrected chi connectivity index (χ2v) is 6.42. The maximum Gasteiger partial charge on any atom is 0.145 e. The SMILES string of the molecule is Fc1cc(OCCNCCc2cccs2)c(Br)cc1Cl. The molecule has 1 aromatic carbocycles. The van der Waals surface area contributed by atoms with Gasteiger partial charge in [0.1, 0.15) is 18.2 Å². The maximum absolute atomic E-state index is 13.3. The Morgan fingerprint density at radius 2 is 2.20 bits per heavy atom. The van der Waals surface area contributed by atoms with Gasteiger partial charge in [-0.3, -0.25) is 0 Å². The number of ether oxygens (including phenoxy) is 1. The summed E-state index contributed by atoms with van der Waals surface area (Å²) in [5.74, 6) is -0.0116. The fourth-order valence-electron chi connectivity index (χ4n) is 1.64. The van der Waals surface area contributed by atoms with Crippen molar-refractivity contribution in [3.8, 4) is 5.75 Å². The molecular weight excluding hydrogens is 365 g/mol. The van der Waals surface area contributed by atoms with Crippen LogP contribution in [0.3, 0.4) is 0 Å². The van der Waals surface area contributed by atoms with Crippen LogP contribution in [0.25, 0.3) is 0 Å². The first kappa shape index (κ1) is 15.8. The average Bonchev–Trinajstić information content (AvgIpc) is 2.92. The van der Waals surface area contributed by atoms with Crippen LogP contribution in [-0.2, 0) is 6.42 Å². The summed E-state index contributed by atoms with van der Waals surface area (Å²) in [6.45, 7) is 2.09. The van der Waals surface area contributed by atoms with Gasteiger partial charge >= 0.3 is 0 Å². The standard InChI is InChI=1S/C14H14BrClFNOS/c15-11-8-12(16)13(17)9-14(11)19-6-5-18-4-3-10-2-1-7-20-10/h1-2,7-9,18H,3-6H2. The zero-order valence-corrected chi connectivity index (χ0v) is 13.8. The molecule has 2 aromatic rings. The van der Waals surface area contributed by atoms with Crippen LogP contribution in [0, 0.1) is 5.82 Å². The van der Waals surface area contributed by atoms with Crippen LogP contribution in [0.2, 0.25) is 5.02 Å². The molecule has 0 amide bonds. The van der Waals surface area contributed by atoms with Crippen molar-refractivity contribution in [3.05, 3.63) is 49.8 Å². The molecule has 1 N–H and O–H groups in total. The van der Waals surface area contributed by atoms with Crippen molar-refractivity contribution in [2.75, 3.05) is 19.7 Å². The maximum atomic E-state index is 13.3. The second-order valence-electron chi connectivity index (χ2n) is 4.12. The lowest BCUT2D eigenvalue weighted by molar-refractivity contribution is 0.311. The number of hydrogen-bond donors (Lipinski definition) is 1. The third-order valence-corrected chi connectivity index (χ3v) is 4.49. The summed E-state index contributed by atoms with van der Waals surface area (Å²) in [4.78, 5) is 1.36. The van der Waals surface area contributed by atoms with E-state index in [9.17, 15) is 4.39 Å². The summed E-state index contributed by atoms with van der Waals surface area (Å²) in [6.07, 6.45) is 1.01. The summed E-state index contributed by atoms with van der Waals surface area (Å²) in [7, 11) is 0. The molecule has 0 aliphatic rings. The lowest BCUT2D eigenvalue weighted by atomic mass is 10.3. The lowest BCUT2D eigenvalue weighted by Gasteiger charge is -2.09. The predicted molar refractivity (Wildman–Crippen MR) is 85.5 cm³/mol. The highest BCUT2D eigenvalue weighted by Crippen LogP contribution is 2.30. The van der Waals surface area contributed by atoms with E-state index in [4.69, 9.17) is 16.3 Å². The highest BCUT2D eigenvalue weighted by molar-refractivity contribution is 9.10. The van der Waals surface area contributed by atoms with Crippen molar-refractivity contribution in [2.45, 2.75) is 6.42 Å². The first-order valence-electron chi connectivity index (χ1n) is 6.17. The zero-order chi connectivity index (χ0) is 14.4. The molecule has 0 bridgehead atoms. The minimum atomic E-state index is -0.476. The van der Waals surface area contributed by atoms with E-state index in [1.165, 1.54) is 17.0 Å². The van der Waals surface area contributed by atoms with E-state index in [0.29, 0.717) is 23.4 Å². The molecule has 0 fully saturated rings. The van der Waals surface area contributed by atoms with Crippen LogP contribution in [0.4, 0.5) is 4.39 Å². The van der Waals surface area contributed by atoms with Crippen molar-refractivity contribution in [1.82, 2.24) is 5.32 Å². The molecule has 0 saturated carbocycles. The normalized spacial score (nSPS) is 10.8. The van der Waals surface area contributed by atoms with Gasteiger partial charge in [0.25, 0.3) is 0 Å². The van der Waals surface area contributed by atoms with Gasteiger partial charge in [0, 0.05) is 24.0 Å². The Morgan fingerprint density at radius 1 is 1.35 bits per heavy atom. The number of rotatable bonds is 7. The van der Waals surface area contributed by atoms with Crippen LogP contribution in [0.15, 0.2) is 34.1 Å². The lowest BCUT2D eigenvalue weighted by Crippen LogP contribution is -2.23. The molecule has 0 radical (unpaired) electrons. The quantitative estimate of drug-likeness (QED) is 0.565. The van der Waals surface area contributed by atoms with Gasteiger partial charge in [-0.05, 0) is 39.9 Å². The second kappa shape index (κ2) is 7.98. The molecular formula is C14H14BrClFNOS. The molecule has 20 heavy (non-hydrogen) atoms. The highest BCUT2D eigenvalue weighted by Gasteiger charge is 2.07. The third kappa shape index (κ3) is 4.74. The van der Waals surface area contributed by atoms with E-state index in [1.54, 1.807) is 11.3 Å². The van der Waals surface area contributed by atoms with E-state index in [1.807, 2.05) is 0 Å². The van der Waals surface area contributed by atoms with Gasteiger partial charge in [-0.15, -0.1) is 11.3 Å². The van der Waals surface area contributed by atoms with Crippen LogP contribution >= 0.6 is 38.9 Å². The first-order valence-corrected chi connectivity index (χ1v) is 8.22. The van der Waals surface area contributed by atoms with Crippen LogP contribution in [-0.4, -0.2) is 19.7 Å². The van der Waals surface area contributed by atoms with E-state index < -0.39 is 5.82 Å². The monoisotopic (exact) mass is 377 g/mol. The molecule has 0 atom stereocenters. The molecule has 2 rings (SSSR count). The van der Waals surface area contributed by atoms with Gasteiger partial charge < -0.3 is 10.1 Å². The number of hydrogen-bond acceptors (Lipinski definition) is 3. The Labute approximate surface area is 135 Å². The summed E-state index contributed by atoms with van der Waals surface area (Å²) in [6, 6.07) is 6.96. The average molecular weight is 379 g/mol. The molecule has 0 saturated heterocycles. The number of halogens is 3. The van der Waals surface area contributed by atoms with E-state index in [0.717, 1.165) is 13.0 Å². The Kier molecular flexibility index (Phi) is 6.29. The molecule has 0 aliphatic heterocycles. The minimum Gasteiger partial charge on any atom is -0.491 e. The Bertz CT molecular complexity index is 550. The predicted octanol–water partition coefficient (Wildman–Crippen LogP) is 4.51. The van der Waals surface area contributed by atoms with E-state index in [-0.39, 0.29) is 5.02 Å². The highest BCUT2D eigenvalue weighted by atomic mass is 79.9. The molecule has 108 valence electrons. The van der Waals surface area contributed by atoms with Crippen LogP contribution < -0.4 is 10.1 Å². The largest absolute Gasteiger partial charge is 0.491 e. The van der Waals surface area contributed by atoms with Gasteiger partial charge in [0.2, 0.25) is 0 Å². The van der Waals surface area contributed by atoms with E-state index >= 15 is 0 Å². The molecule has 0 spiro atoms. The van der Waals surface area contributed by atoms with Crippen molar-refractivity contribution in [1.29, 1.82) is 0 Å². The molecule has 6 heteroatoms. The van der Waals surface area contributed by atoms with Gasteiger partial charge in [-0.2, -0.15) is 0 Å². The van der Waals surface area contributed by atoms with Crippen molar-refractivity contribution >= 4 is 38.9 Å². The molecule has 2 nitrogen and oxygen atoms in total. The van der Waals surface area contributed by atoms with Gasteiger partial charge in [-0.25, -0.2) is 4.39 Å². The van der Waals surface area contributed by atoms with Crippen molar-refractivity contribution < 1.29 is 9.13 Å². The summed E-state index contributed by atoms with van der Waals surface area (Å²) < 4.78 is 19.5. The smallest absolute Gasteiger partial charge is 0.145 e. The Hall–Kier alpha value is -0.620. The van der Waals surface area contributed by atoms with Crippen molar-refractivity contribution in [3.63, 3.8) is 0 Å². The minimum absolute atomic E-state index is 0.0818. The number of benzene rings is 1. The summed E-state index contributed by atoms with van der Waals surface area (Å²) in [5.41, 5.74) is 0. The topological polar surface area (TPSA) is 21.3 Å². The first-order chi connectivity index (χ1) is 9.66. The molecule has 0 aliphatic carbocycles. The fraction of sp³-hybridized carbons (Fsp3) is 0.286. The molecule has 1 heterocycles. The number of thiophene rings is 1. The van der Waals surface area contributed by atoms with Crippen LogP contribution in [0.1, 0.15) is 4.88 Å². The molecule has 1 aromatic heterocycles. The van der Waals surface area contributed by atoms with Gasteiger partial charge in [0.05, 0.1) is 9.50 Å². The fourth-order valence-corrected chi connectivity index (χ4v) is 3.10. The summed E-state index contributed by atoms with van der Waals surface area (Å²) >= 11 is 10.7. The number of nitrogens with one attached hydrogen (secondary N) is 1. The Balaban J connectivity index is 1.67. The van der Waals surface area contributed by atoms with Crippen LogP contribution in [0.5, 0.6) is 5.75 Å². The third-order valence-electron chi connectivity index (χ3n) is 2.64. The summed E-state index contributed by atoms with van der Waals surface area (Å²) in [5, 5.41) is 5.44.